The summed E-state index contributed by atoms with van der Waals surface area (Å²) in [6.45, 7) is 0.379. The molecular weight excluding hydrogens is 457 g/mol. The maximum atomic E-state index is 14.6. The monoisotopic (exact) mass is 489 g/mol. The van der Waals surface area contributed by atoms with Crippen molar-refractivity contribution in [2.75, 3.05) is 32.6 Å². The zero-order valence-corrected chi connectivity index (χ0v) is 20.7. The molecule has 0 aromatic heterocycles. The Morgan fingerprint density at radius 2 is 1.85 bits per heavy atom. The summed E-state index contributed by atoms with van der Waals surface area (Å²) in [5.74, 6) is -1.09. The molecule has 0 amide bonds. The zero-order valence-electron chi connectivity index (χ0n) is 19.9. The van der Waals surface area contributed by atoms with Crippen LogP contribution in [-0.4, -0.2) is 61.9 Å². The summed E-state index contributed by atoms with van der Waals surface area (Å²) >= 11 is 6.70. The van der Waals surface area contributed by atoms with Crippen molar-refractivity contribution in [1.29, 1.82) is 0 Å². The van der Waals surface area contributed by atoms with Gasteiger partial charge in [0.2, 0.25) is 0 Å². The van der Waals surface area contributed by atoms with E-state index in [1.54, 1.807) is 0 Å². The van der Waals surface area contributed by atoms with Gasteiger partial charge in [0.1, 0.15) is 28.7 Å². The highest BCUT2D eigenvalue weighted by Crippen LogP contribution is 2.44. The molecule has 184 valence electrons. The third-order valence-corrected chi connectivity index (χ3v) is 7.92. The van der Waals surface area contributed by atoms with Gasteiger partial charge in [-0.25, -0.2) is 4.39 Å². The van der Waals surface area contributed by atoms with Crippen LogP contribution in [0.1, 0.15) is 37.7 Å². The number of nitrogens with one attached hydrogen (secondary N) is 1. The smallest absolute Gasteiger partial charge is 0.320 e. The highest BCUT2D eigenvalue weighted by molar-refractivity contribution is 6.34. The van der Waals surface area contributed by atoms with Crippen LogP contribution in [0.4, 0.5) is 10.1 Å². The van der Waals surface area contributed by atoms with Gasteiger partial charge in [0.05, 0.1) is 5.69 Å². The van der Waals surface area contributed by atoms with Gasteiger partial charge in [0.15, 0.2) is 0 Å². The molecule has 1 saturated carbocycles. The van der Waals surface area contributed by atoms with E-state index in [1.807, 2.05) is 13.1 Å². The minimum Gasteiger partial charge on any atom is -0.487 e. The Labute approximate surface area is 205 Å². The lowest BCUT2D eigenvalue weighted by Crippen LogP contribution is -2.48. The van der Waals surface area contributed by atoms with Crippen LogP contribution in [0.25, 0.3) is 0 Å². The Morgan fingerprint density at radius 1 is 1.18 bits per heavy atom. The van der Waals surface area contributed by atoms with Crippen molar-refractivity contribution >= 4 is 23.3 Å². The van der Waals surface area contributed by atoms with Crippen LogP contribution in [0.3, 0.4) is 0 Å². The number of hydrogen-bond donors (Lipinski definition) is 2. The fourth-order valence-corrected chi connectivity index (χ4v) is 5.75. The van der Waals surface area contributed by atoms with Crippen molar-refractivity contribution in [2.24, 2.45) is 0 Å². The van der Waals surface area contributed by atoms with Crippen LogP contribution in [0.2, 0.25) is 5.02 Å². The molecule has 2 N–H and O–H groups in total. The van der Waals surface area contributed by atoms with Gasteiger partial charge in [0.25, 0.3) is 0 Å². The van der Waals surface area contributed by atoms with Crippen molar-refractivity contribution in [3.63, 3.8) is 0 Å². The second-order valence-corrected chi connectivity index (χ2v) is 10.0. The van der Waals surface area contributed by atoms with Gasteiger partial charge in [-0.2, -0.15) is 0 Å². The average molecular weight is 490 g/mol. The van der Waals surface area contributed by atoms with Crippen molar-refractivity contribution in [1.82, 2.24) is 10.2 Å². The SMILES string of the molecule is CN(c1cc(F)cc(O[C@@H]2CN[C@H](C(=O)O)C2)c1Cl)C1CCC(c2ccccc2)(N(C)C)CC1. The van der Waals surface area contributed by atoms with E-state index in [-0.39, 0.29) is 23.4 Å². The second kappa shape index (κ2) is 10.1. The molecule has 8 heteroatoms. The molecule has 1 aliphatic carbocycles. The molecule has 2 aromatic rings. The summed E-state index contributed by atoms with van der Waals surface area (Å²) in [4.78, 5) is 15.6. The third-order valence-electron chi connectivity index (χ3n) is 7.54. The van der Waals surface area contributed by atoms with Crippen molar-refractivity contribution in [2.45, 2.75) is 55.8 Å². The molecule has 1 heterocycles. The number of carboxylic acid groups (broad SMARTS) is 1. The van der Waals surface area contributed by atoms with Gasteiger partial charge >= 0.3 is 5.97 Å². The molecule has 1 saturated heterocycles. The minimum atomic E-state index is -0.918. The Kier molecular flexibility index (Phi) is 7.36. The minimum absolute atomic E-state index is 0.0191. The summed E-state index contributed by atoms with van der Waals surface area (Å²) in [5.41, 5.74) is 1.90. The Balaban J connectivity index is 1.49. The lowest BCUT2D eigenvalue weighted by molar-refractivity contribution is -0.139. The zero-order chi connectivity index (χ0) is 24.5. The Morgan fingerprint density at radius 3 is 2.44 bits per heavy atom. The highest BCUT2D eigenvalue weighted by Gasteiger charge is 2.40. The molecule has 2 aromatic carbocycles. The van der Waals surface area contributed by atoms with Gasteiger partial charge in [-0.1, -0.05) is 41.9 Å². The standard InChI is InChI=1S/C26H33ClFN3O3/c1-30(2)26(17-7-5-4-6-8-17)11-9-19(10-12-26)31(3)22-13-18(28)14-23(24(22)27)34-20-15-21(25(32)33)29-16-20/h4-8,13-14,19-21,29H,9-12,15-16H2,1-3H3,(H,32,33)/t19?,20-,21-,26?/m0/s1. The van der Waals surface area contributed by atoms with E-state index >= 15 is 0 Å². The number of anilines is 1. The fourth-order valence-electron chi connectivity index (χ4n) is 5.46. The second-order valence-electron chi connectivity index (χ2n) is 9.65. The maximum Gasteiger partial charge on any atom is 0.320 e. The van der Waals surface area contributed by atoms with E-state index in [9.17, 15) is 14.3 Å². The number of ether oxygens (including phenoxy) is 1. The van der Waals surface area contributed by atoms with E-state index in [0.29, 0.717) is 23.7 Å². The summed E-state index contributed by atoms with van der Waals surface area (Å²) < 4.78 is 20.5. The predicted octanol–water partition coefficient (Wildman–Crippen LogP) is 4.51. The molecule has 2 aliphatic rings. The molecule has 0 radical (unpaired) electrons. The van der Waals surface area contributed by atoms with Gasteiger partial charge < -0.3 is 20.1 Å². The quantitative estimate of drug-likeness (QED) is 0.596. The number of rotatable bonds is 7. The fraction of sp³-hybridized carbons (Fsp3) is 0.500. The summed E-state index contributed by atoms with van der Waals surface area (Å²) in [6, 6.07) is 12.9. The molecule has 0 bridgehead atoms. The van der Waals surface area contributed by atoms with E-state index in [0.717, 1.165) is 25.7 Å². The van der Waals surface area contributed by atoms with Crippen LogP contribution in [0.15, 0.2) is 42.5 Å². The maximum absolute atomic E-state index is 14.6. The topological polar surface area (TPSA) is 65.0 Å². The number of nitrogens with zero attached hydrogens (tertiary/aromatic N) is 2. The lowest BCUT2D eigenvalue weighted by Gasteiger charge is -2.47. The van der Waals surface area contributed by atoms with Crippen LogP contribution >= 0.6 is 11.6 Å². The predicted molar refractivity (Wildman–Crippen MR) is 132 cm³/mol. The van der Waals surface area contributed by atoms with Crippen molar-refractivity contribution in [3.8, 4) is 5.75 Å². The highest BCUT2D eigenvalue weighted by atomic mass is 35.5. The van der Waals surface area contributed by atoms with Gasteiger partial charge in [-0.05, 0) is 51.4 Å². The molecule has 2 fully saturated rings. The third kappa shape index (κ3) is 4.88. The molecule has 6 nitrogen and oxygen atoms in total. The Bertz CT molecular complexity index is 1010. The first-order chi connectivity index (χ1) is 16.2. The van der Waals surface area contributed by atoms with Crippen LogP contribution in [-0.2, 0) is 10.3 Å². The number of halogens is 2. The number of hydrogen-bond acceptors (Lipinski definition) is 5. The average Bonchev–Trinajstić information content (AvgIpc) is 3.30. The van der Waals surface area contributed by atoms with Crippen molar-refractivity contribution in [3.05, 3.63) is 58.9 Å². The largest absolute Gasteiger partial charge is 0.487 e. The van der Waals surface area contributed by atoms with E-state index in [4.69, 9.17) is 16.3 Å². The number of aliphatic carboxylic acids is 1. The van der Waals surface area contributed by atoms with E-state index in [1.165, 1.54) is 17.7 Å². The first kappa shape index (κ1) is 24.8. The number of carboxylic acids is 1. The molecule has 0 unspecified atom stereocenters. The van der Waals surface area contributed by atoms with Gasteiger partial charge in [0, 0.05) is 37.7 Å². The molecule has 4 rings (SSSR count). The van der Waals surface area contributed by atoms with Crippen LogP contribution < -0.4 is 15.0 Å². The number of carbonyl (C=O) groups is 1. The van der Waals surface area contributed by atoms with Crippen LogP contribution in [0.5, 0.6) is 5.75 Å². The number of benzene rings is 2. The summed E-state index contributed by atoms with van der Waals surface area (Å²) in [6.07, 6.45) is 3.79. The van der Waals surface area contributed by atoms with Crippen molar-refractivity contribution < 1.29 is 19.0 Å². The molecule has 1 aliphatic heterocycles. The Hall–Kier alpha value is -2.35. The summed E-state index contributed by atoms with van der Waals surface area (Å²) in [5, 5.41) is 12.4. The van der Waals surface area contributed by atoms with Gasteiger partial charge in [-0.3, -0.25) is 9.69 Å². The lowest BCUT2D eigenvalue weighted by atomic mass is 9.73. The molecule has 34 heavy (non-hydrogen) atoms. The molecule has 0 spiro atoms. The first-order valence-electron chi connectivity index (χ1n) is 11.8. The van der Waals surface area contributed by atoms with Crippen LogP contribution in [0, 0.1) is 5.82 Å². The summed E-state index contributed by atoms with van der Waals surface area (Å²) in [7, 11) is 6.23. The normalized spacial score (nSPS) is 27.1. The molecule has 2 atom stereocenters. The van der Waals surface area contributed by atoms with E-state index in [2.05, 4.69) is 53.5 Å². The van der Waals surface area contributed by atoms with E-state index < -0.39 is 17.8 Å². The first-order valence-corrected chi connectivity index (χ1v) is 12.2. The van der Waals surface area contributed by atoms with Gasteiger partial charge in [-0.15, -0.1) is 0 Å². The molecular formula is C26H33ClFN3O3.